The Bertz CT molecular complexity index is 1400. The summed E-state index contributed by atoms with van der Waals surface area (Å²) in [4.78, 5) is 33.5. The fraction of sp³-hybridized carbons (Fsp3) is 0.217. The fourth-order valence-corrected chi connectivity index (χ4v) is 3.35. The molecule has 0 unspecified atom stereocenters. The van der Waals surface area contributed by atoms with Crippen LogP contribution in [-0.4, -0.2) is 31.7 Å². The Kier molecular flexibility index (Phi) is 6.78. The quantitative estimate of drug-likeness (QED) is 0.407. The van der Waals surface area contributed by atoms with E-state index in [2.05, 4.69) is 15.3 Å². The first-order chi connectivity index (χ1) is 16.3. The van der Waals surface area contributed by atoms with E-state index in [-0.39, 0.29) is 35.4 Å². The third-order valence-corrected chi connectivity index (χ3v) is 5.01. The van der Waals surface area contributed by atoms with E-state index in [0.29, 0.717) is 16.5 Å². The SMILES string of the molecule is CC(C)n1cnc2nc(COc3ccc(Cl)cc3NC(=O)COc3ccccc3F)cc(=O)n21. The normalized spacial score (nSPS) is 11.1. The third-order valence-electron chi connectivity index (χ3n) is 4.77. The lowest BCUT2D eigenvalue weighted by Gasteiger charge is -2.14. The first-order valence-corrected chi connectivity index (χ1v) is 10.7. The number of nitrogens with zero attached hydrogens (tertiary/aromatic N) is 4. The highest BCUT2D eigenvalue weighted by Gasteiger charge is 2.14. The molecule has 0 aliphatic carbocycles. The monoisotopic (exact) mass is 485 g/mol. The zero-order chi connectivity index (χ0) is 24.2. The van der Waals surface area contributed by atoms with Crippen LogP contribution >= 0.6 is 11.6 Å². The van der Waals surface area contributed by atoms with Gasteiger partial charge in [0, 0.05) is 17.1 Å². The van der Waals surface area contributed by atoms with Gasteiger partial charge < -0.3 is 14.8 Å². The molecule has 2 heterocycles. The Morgan fingerprint density at radius 1 is 1.15 bits per heavy atom. The molecule has 4 aromatic rings. The average Bonchev–Trinajstić information content (AvgIpc) is 3.23. The summed E-state index contributed by atoms with van der Waals surface area (Å²) < 4.78 is 27.8. The van der Waals surface area contributed by atoms with E-state index in [4.69, 9.17) is 21.1 Å². The number of ether oxygens (including phenoxy) is 2. The number of halogens is 2. The predicted octanol–water partition coefficient (Wildman–Crippen LogP) is 3.86. The van der Waals surface area contributed by atoms with E-state index in [0.717, 1.165) is 0 Å². The summed E-state index contributed by atoms with van der Waals surface area (Å²) in [5.74, 6) is -0.575. The Morgan fingerprint density at radius 2 is 1.94 bits per heavy atom. The lowest BCUT2D eigenvalue weighted by Crippen LogP contribution is -2.23. The standard InChI is InChI=1S/C23H21ClFN5O4/c1-14(2)29-13-26-23-27-16(10-22(32)30(23)29)11-33-20-8-7-15(24)9-18(20)28-21(31)12-34-19-6-4-3-5-17(19)25/h3-10,13-14H,11-12H2,1-2H3,(H,28,31). The fourth-order valence-electron chi connectivity index (χ4n) is 3.18. The van der Waals surface area contributed by atoms with Gasteiger partial charge >= 0.3 is 0 Å². The summed E-state index contributed by atoms with van der Waals surface area (Å²) in [7, 11) is 0. The highest BCUT2D eigenvalue weighted by molar-refractivity contribution is 6.31. The number of nitrogens with one attached hydrogen (secondary N) is 1. The summed E-state index contributed by atoms with van der Waals surface area (Å²) in [6.45, 7) is 3.40. The molecule has 34 heavy (non-hydrogen) atoms. The number of anilines is 1. The molecule has 1 N–H and O–H groups in total. The number of amides is 1. The van der Waals surface area contributed by atoms with Crippen molar-refractivity contribution in [3.05, 3.63) is 81.7 Å². The van der Waals surface area contributed by atoms with Gasteiger partial charge in [-0.15, -0.1) is 0 Å². The molecule has 9 nitrogen and oxygen atoms in total. The number of fused-ring (bicyclic) bond motifs is 1. The summed E-state index contributed by atoms with van der Waals surface area (Å²) in [6.07, 6.45) is 1.55. The highest BCUT2D eigenvalue weighted by Crippen LogP contribution is 2.29. The van der Waals surface area contributed by atoms with E-state index < -0.39 is 18.3 Å². The number of hydrogen-bond acceptors (Lipinski definition) is 6. The van der Waals surface area contributed by atoms with Gasteiger partial charge in [0.1, 0.15) is 18.7 Å². The number of hydrogen-bond donors (Lipinski definition) is 1. The zero-order valence-electron chi connectivity index (χ0n) is 18.4. The third kappa shape index (κ3) is 5.18. The summed E-state index contributed by atoms with van der Waals surface area (Å²) in [5.41, 5.74) is 0.371. The van der Waals surface area contributed by atoms with Crippen molar-refractivity contribution in [3.63, 3.8) is 0 Å². The van der Waals surface area contributed by atoms with Gasteiger partial charge in [-0.25, -0.2) is 9.37 Å². The molecule has 1 amide bonds. The Morgan fingerprint density at radius 3 is 2.71 bits per heavy atom. The van der Waals surface area contributed by atoms with Crippen LogP contribution in [0.5, 0.6) is 11.5 Å². The smallest absolute Gasteiger partial charge is 0.274 e. The molecule has 0 saturated carbocycles. The molecule has 176 valence electrons. The van der Waals surface area contributed by atoms with E-state index in [1.807, 2.05) is 13.8 Å². The van der Waals surface area contributed by atoms with E-state index in [9.17, 15) is 14.0 Å². The van der Waals surface area contributed by atoms with Crippen molar-refractivity contribution in [3.8, 4) is 11.5 Å². The van der Waals surface area contributed by atoms with E-state index in [1.165, 1.54) is 34.8 Å². The Balaban J connectivity index is 1.46. The van der Waals surface area contributed by atoms with Crippen LogP contribution in [0, 0.1) is 5.82 Å². The molecule has 11 heteroatoms. The van der Waals surface area contributed by atoms with Crippen molar-refractivity contribution in [2.24, 2.45) is 0 Å². The van der Waals surface area contributed by atoms with Crippen LogP contribution < -0.4 is 20.3 Å². The van der Waals surface area contributed by atoms with Crippen LogP contribution in [0.1, 0.15) is 25.6 Å². The van der Waals surface area contributed by atoms with Crippen LogP contribution in [0.2, 0.25) is 5.02 Å². The van der Waals surface area contributed by atoms with Crippen molar-refractivity contribution in [2.45, 2.75) is 26.5 Å². The predicted molar refractivity (Wildman–Crippen MR) is 124 cm³/mol. The number of rotatable bonds is 8. The number of carbonyl (C=O) groups excluding carboxylic acids is 1. The van der Waals surface area contributed by atoms with Crippen molar-refractivity contribution >= 4 is 29.0 Å². The number of carbonyl (C=O) groups is 1. The van der Waals surface area contributed by atoms with Crippen molar-refractivity contribution < 1.29 is 18.7 Å². The summed E-state index contributed by atoms with van der Waals surface area (Å²) in [6, 6.07) is 11.9. The molecular weight excluding hydrogens is 465 g/mol. The van der Waals surface area contributed by atoms with Gasteiger partial charge in [0.15, 0.2) is 18.2 Å². The molecular formula is C23H21ClFN5O4. The second-order valence-electron chi connectivity index (χ2n) is 7.61. The lowest BCUT2D eigenvalue weighted by atomic mass is 10.3. The van der Waals surface area contributed by atoms with E-state index >= 15 is 0 Å². The number of benzene rings is 2. The first-order valence-electron chi connectivity index (χ1n) is 10.4. The summed E-state index contributed by atoms with van der Waals surface area (Å²) >= 11 is 6.07. The second kappa shape index (κ2) is 9.92. The molecule has 0 atom stereocenters. The molecule has 4 rings (SSSR count). The van der Waals surface area contributed by atoms with Crippen molar-refractivity contribution in [1.82, 2.24) is 19.2 Å². The molecule has 0 saturated heterocycles. The van der Waals surface area contributed by atoms with Crippen LogP contribution in [-0.2, 0) is 11.4 Å². The Labute approximate surface area is 198 Å². The maximum atomic E-state index is 13.7. The van der Waals surface area contributed by atoms with Crippen LogP contribution in [0.4, 0.5) is 10.1 Å². The second-order valence-corrected chi connectivity index (χ2v) is 8.05. The van der Waals surface area contributed by atoms with Gasteiger partial charge in [-0.3, -0.25) is 14.3 Å². The minimum atomic E-state index is -0.569. The lowest BCUT2D eigenvalue weighted by molar-refractivity contribution is -0.118. The average molecular weight is 486 g/mol. The number of para-hydroxylation sites is 1. The summed E-state index contributed by atoms with van der Waals surface area (Å²) in [5, 5.41) is 3.01. The van der Waals surface area contributed by atoms with Crippen LogP contribution in [0.15, 0.2) is 59.7 Å². The molecule has 2 aromatic carbocycles. The maximum Gasteiger partial charge on any atom is 0.274 e. The van der Waals surface area contributed by atoms with Crippen molar-refractivity contribution in [1.29, 1.82) is 0 Å². The molecule has 0 aliphatic rings. The topological polar surface area (TPSA) is 99.8 Å². The molecule has 0 aliphatic heterocycles. The van der Waals surface area contributed by atoms with E-state index in [1.54, 1.807) is 29.2 Å². The molecule has 0 fully saturated rings. The van der Waals surface area contributed by atoms with Gasteiger partial charge in [0.25, 0.3) is 17.2 Å². The minimum absolute atomic E-state index is 0.0344. The highest BCUT2D eigenvalue weighted by atomic mass is 35.5. The van der Waals surface area contributed by atoms with Gasteiger partial charge in [-0.1, -0.05) is 23.7 Å². The van der Waals surface area contributed by atoms with Gasteiger partial charge in [-0.2, -0.15) is 9.50 Å². The largest absolute Gasteiger partial charge is 0.485 e. The number of aromatic nitrogens is 4. The maximum absolute atomic E-state index is 13.7. The van der Waals surface area contributed by atoms with Crippen LogP contribution in [0.25, 0.3) is 5.78 Å². The molecule has 0 spiro atoms. The van der Waals surface area contributed by atoms with Gasteiger partial charge in [-0.05, 0) is 44.2 Å². The van der Waals surface area contributed by atoms with Gasteiger partial charge in [0.2, 0.25) is 0 Å². The molecule has 0 bridgehead atoms. The molecule has 2 aromatic heterocycles. The minimum Gasteiger partial charge on any atom is -0.485 e. The van der Waals surface area contributed by atoms with Crippen LogP contribution in [0.3, 0.4) is 0 Å². The van der Waals surface area contributed by atoms with Gasteiger partial charge in [0.05, 0.1) is 11.4 Å². The molecule has 0 radical (unpaired) electrons. The zero-order valence-corrected chi connectivity index (χ0v) is 19.1. The first kappa shape index (κ1) is 23.2. The van der Waals surface area contributed by atoms with Crippen molar-refractivity contribution in [2.75, 3.05) is 11.9 Å². The Hall–Kier alpha value is -3.92.